The van der Waals surface area contributed by atoms with Crippen LogP contribution < -0.4 is 5.73 Å². The molecule has 0 aromatic heterocycles. The number of carbonyl (C=O) groups is 1. The lowest BCUT2D eigenvalue weighted by Gasteiger charge is -2.34. The van der Waals surface area contributed by atoms with Crippen LogP contribution in [0.1, 0.15) is 13.3 Å². The Morgan fingerprint density at radius 1 is 1.33 bits per heavy atom. The number of aliphatic carboxylic acids is 1. The van der Waals surface area contributed by atoms with Crippen molar-refractivity contribution < 1.29 is 18.3 Å². The van der Waals surface area contributed by atoms with Crippen LogP contribution in [0.3, 0.4) is 0 Å². The SMILES string of the molecule is CC(N)(CCN1CCN(S(C)(=O)=O)CC1)C(=O)O. The molecule has 8 heteroatoms. The first-order valence-corrected chi connectivity index (χ1v) is 7.67. The highest BCUT2D eigenvalue weighted by Crippen LogP contribution is 2.10. The van der Waals surface area contributed by atoms with Crippen LogP contribution >= 0.6 is 0 Å². The molecular weight excluding hydrogens is 258 g/mol. The molecule has 1 aliphatic rings. The lowest BCUT2D eigenvalue weighted by Crippen LogP contribution is -2.51. The molecule has 1 rings (SSSR count). The molecule has 0 aliphatic carbocycles. The second-order valence-electron chi connectivity index (χ2n) is 4.98. The van der Waals surface area contributed by atoms with Gasteiger partial charge in [0, 0.05) is 32.7 Å². The van der Waals surface area contributed by atoms with Crippen LogP contribution in [0.25, 0.3) is 0 Å². The van der Waals surface area contributed by atoms with Gasteiger partial charge in [0.25, 0.3) is 0 Å². The van der Waals surface area contributed by atoms with E-state index in [1.165, 1.54) is 17.5 Å². The second-order valence-corrected chi connectivity index (χ2v) is 6.96. The van der Waals surface area contributed by atoms with Crippen molar-refractivity contribution in [3.8, 4) is 0 Å². The predicted octanol–water partition coefficient (Wildman–Crippen LogP) is -1.24. The van der Waals surface area contributed by atoms with Gasteiger partial charge in [0.1, 0.15) is 5.54 Å². The van der Waals surface area contributed by atoms with Gasteiger partial charge in [-0.05, 0) is 13.3 Å². The van der Waals surface area contributed by atoms with Gasteiger partial charge in [0.15, 0.2) is 0 Å². The number of nitrogens with two attached hydrogens (primary N) is 1. The van der Waals surface area contributed by atoms with Crippen LogP contribution in [0.2, 0.25) is 0 Å². The van der Waals surface area contributed by atoms with Crippen molar-refractivity contribution in [2.24, 2.45) is 5.73 Å². The predicted molar refractivity (Wildman–Crippen MR) is 67.7 cm³/mol. The molecular formula is C10H21N3O4S. The Bertz CT molecular complexity index is 399. The first-order chi connectivity index (χ1) is 8.13. The van der Waals surface area contributed by atoms with Gasteiger partial charge in [0.05, 0.1) is 6.26 Å². The van der Waals surface area contributed by atoms with Crippen LogP contribution in [-0.2, 0) is 14.8 Å². The van der Waals surface area contributed by atoms with Gasteiger partial charge in [-0.2, -0.15) is 4.31 Å². The highest BCUT2D eigenvalue weighted by atomic mass is 32.2. The van der Waals surface area contributed by atoms with Crippen molar-refractivity contribution in [2.75, 3.05) is 39.0 Å². The van der Waals surface area contributed by atoms with Crippen LogP contribution in [0.5, 0.6) is 0 Å². The topological polar surface area (TPSA) is 104 Å². The van der Waals surface area contributed by atoms with Crippen LogP contribution in [0, 0.1) is 0 Å². The molecule has 106 valence electrons. The Hall–Kier alpha value is -0.700. The Morgan fingerprint density at radius 3 is 2.22 bits per heavy atom. The number of hydrogen-bond donors (Lipinski definition) is 2. The van der Waals surface area contributed by atoms with Gasteiger partial charge in [-0.1, -0.05) is 0 Å². The Labute approximate surface area is 108 Å². The minimum Gasteiger partial charge on any atom is -0.480 e. The van der Waals surface area contributed by atoms with E-state index in [4.69, 9.17) is 10.8 Å². The zero-order valence-corrected chi connectivity index (χ0v) is 11.6. The fourth-order valence-corrected chi connectivity index (χ4v) is 2.61. The smallest absolute Gasteiger partial charge is 0.323 e. The Kier molecular flexibility index (Phi) is 4.71. The third-order valence-electron chi connectivity index (χ3n) is 3.24. The number of carboxylic acids is 1. The molecule has 7 nitrogen and oxygen atoms in total. The molecule has 1 saturated heterocycles. The molecule has 0 amide bonds. The third kappa shape index (κ3) is 4.20. The van der Waals surface area contributed by atoms with Gasteiger partial charge >= 0.3 is 5.97 Å². The number of carboxylic acid groups (broad SMARTS) is 1. The molecule has 1 heterocycles. The quantitative estimate of drug-likeness (QED) is 0.652. The van der Waals surface area contributed by atoms with E-state index in [2.05, 4.69) is 0 Å². The maximum Gasteiger partial charge on any atom is 0.323 e. The molecule has 3 N–H and O–H groups in total. The van der Waals surface area contributed by atoms with E-state index in [0.29, 0.717) is 39.1 Å². The summed E-state index contributed by atoms with van der Waals surface area (Å²) in [5, 5.41) is 8.89. The van der Waals surface area contributed by atoms with E-state index < -0.39 is 21.5 Å². The zero-order valence-electron chi connectivity index (χ0n) is 10.8. The summed E-state index contributed by atoms with van der Waals surface area (Å²) in [5.41, 5.74) is 4.41. The molecule has 18 heavy (non-hydrogen) atoms. The minimum absolute atomic E-state index is 0.348. The van der Waals surface area contributed by atoms with Crippen LogP contribution in [0.4, 0.5) is 0 Å². The van der Waals surface area contributed by atoms with Crippen molar-refractivity contribution in [3.63, 3.8) is 0 Å². The average Bonchev–Trinajstić information content (AvgIpc) is 2.25. The summed E-state index contributed by atoms with van der Waals surface area (Å²) in [6, 6.07) is 0. The molecule has 0 bridgehead atoms. The summed E-state index contributed by atoms with van der Waals surface area (Å²) in [7, 11) is -3.12. The van der Waals surface area contributed by atoms with Crippen molar-refractivity contribution in [1.29, 1.82) is 0 Å². The molecule has 1 unspecified atom stereocenters. The fourth-order valence-electron chi connectivity index (χ4n) is 1.78. The van der Waals surface area contributed by atoms with Crippen molar-refractivity contribution in [1.82, 2.24) is 9.21 Å². The van der Waals surface area contributed by atoms with Gasteiger partial charge in [0.2, 0.25) is 10.0 Å². The summed E-state index contributed by atoms with van der Waals surface area (Å²) in [4.78, 5) is 12.9. The van der Waals surface area contributed by atoms with Gasteiger partial charge < -0.3 is 15.7 Å². The molecule has 1 aliphatic heterocycles. The molecule has 0 radical (unpaired) electrons. The highest BCUT2D eigenvalue weighted by molar-refractivity contribution is 7.88. The molecule has 0 saturated carbocycles. The molecule has 0 aromatic carbocycles. The van der Waals surface area contributed by atoms with E-state index in [1.54, 1.807) is 0 Å². The van der Waals surface area contributed by atoms with Gasteiger partial charge in [-0.25, -0.2) is 8.42 Å². The number of sulfonamides is 1. The summed E-state index contributed by atoms with van der Waals surface area (Å²) in [5.74, 6) is -1.02. The average molecular weight is 279 g/mol. The normalized spacial score (nSPS) is 22.6. The summed E-state index contributed by atoms with van der Waals surface area (Å²) in [6.45, 7) is 4.19. The maximum atomic E-state index is 11.3. The summed E-state index contributed by atoms with van der Waals surface area (Å²) in [6.07, 6.45) is 1.55. The van der Waals surface area contributed by atoms with Gasteiger partial charge in [-0.15, -0.1) is 0 Å². The lowest BCUT2D eigenvalue weighted by atomic mass is 9.99. The van der Waals surface area contributed by atoms with Gasteiger partial charge in [-0.3, -0.25) is 4.79 Å². The fraction of sp³-hybridized carbons (Fsp3) is 0.900. The van der Waals surface area contributed by atoms with E-state index in [1.807, 2.05) is 4.90 Å². The first kappa shape index (κ1) is 15.4. The van der Waals surface area contributed by atoms with Crippen LogP contribution in [0.15, 0.2) is 0 Å². The van der Waals surface area contributed by atoms with Crippen molar-refractivity contribution in [2.45, 2.75) is 18.9 Å². The number of piperazine rings is 1. The number of nitrogens with zero attached hydrogens (tertiary/aromatic N) is 2. The standard InChI is InChI=1S/C10H21N3O4S/c1-10(11,9(14)15)3-4-12-5-7-13(8-6-12)18(2,16)17/h3-8,11H2,1-2H3,(H,14,15). The second kappa shape index (κ2) is 5.52. The molecule has 1 atom stereocenters. The molecule has 1 fully saturated rings. The highest BCUT2D eigenvalue weighted by Gasteiger charge is 2.29. The van der Waals surface area contributed by atoms with E-state index in [0.717, 1.165) is 0 Å². The minimum atomic E-state index is -3.12. The van der Waals surface area contributed by atoms with Crippen molar-refractivity contribution >= 4 is 16.0 Å². The van der Waals surface area contributed by atoms with E-state index in [-0.39, 0.29) is 0 Å². The largest absolute Gasteiger partial charge is 0.480 e. The monoisotopic (exact) mass is 279 g/mol. The van der Waals surface area contributed by atoms with E-state index >= 15 is 0 Å². The Morgan fingerprint density at radius 2 is 1.83 bits per heavy atom. The Balaban J connectivity index is 2.39. The van der Waals surface area contributed by atoms with E-state index in [9.17, 15) is 13.2 Å². The third-order valence-corrected chi connectivity index (χ3v) is 4.54. The maximum absolute atomic E-state index is 11.3. The summed E-state index contributed by atoms with van der Waals surface area (Å²) >= 11 is 0. The molecule has 0 aromatic rings. The molecule has 0 spiro atoms. The number of hydrogen-bond acceptors (Lipinski definition) is 5. The van der Waals surface area contributed by atoms with Crippen molar-refractivity contribution in [3.05, 3.63) is 0 Å². The lowest BCUT2D eigenvalue weighted by molar-refractivity contribution is -0.143. The van der Waals surface area contributed by atoms with Crippen LogP contribution in [-0.4, -0.2) is 73.2 Å². The summed E-state index contributed by atoms with van der Waals surface area (Å²) < 4.78 is 24.1. The number of rotatable bonds is 5. The first-order valence-electron chi connectivity index (χ1n) is 5.83. The zero-order chi connectivity index (χ0) is 14.0.